The first-order valence-electron chi connectivity index (χ1n) is 4.93. The fraction of sp³-hybridized carbons (Fsp3) is 1.00. The van der Waals surface area contributed by atoms with E-state index in [-0.39, 0.29) is 0 Å². The fourth-order valence-corrected chi connectivity index (χ4v) is 2.06. The fourth-order valence-electron chi connectivity index (χ4n) is 2.06. The summed E-state index contributed by atoms with van der Waals surface area (Å²) >= 11 is 0. The van der Waals surface area contributed by atoms with Crippen LogP contribution in [0.4, 0.5) is 0 Å². The zero-order valence-electron chi connectivity index (χ0n) is 7.23. The molecule has 0 bridgehead atoms. The predicted octanol–water partition coefficient (Wildman–Crippen LogP) is 3.76. The molecule has 1 aliphatic rings. The third-order valence-corrected chi connectivity index (χ3v) is 2.67. The lowest BCUT2D eigenvalue weighted by atomic mass is 9.96. The van der Waals surface area contributed by atoms with Crippen LogP contribution in [0.3, 0.4) is 0 Å². The molecule has 0 N–H and O–H groups in total. The summed E-state index contributed by atoms with van der Waals surface area (Å²) in [5.74, 6) is 1.09. The van der Waals surface area contributed by atoms with Crippen LogP contribution in [0.25, 0.3) is 0 Å². The minimum absolute atomic E-state index is 1.09. The maximum atomic E-state index is 2.31. The highest BCUT2D eigenvalue weighted by molar-refractivity contribution is 4.63. The first-order chi connectivity index (χ1) is 4.93. The van der Waals surface area contributed by atoms with Gasteiger partial charge in [-0.05, 0) is 5.92 Å². The van der Waals surface area contributed by atoms with Crippen LogP contribution in [-0.4, -0.2) is 0 Å². The molecule has 60 valence electrons. The average molecular weight is 140 g/mol. The second-order valence-electron chi connectivity index (χ2n) is 3.65. The van der Waals surface area contributed by atoms with E-state index in [4.69, 9.17) is 0 Å². The van der Waals surface area contributed by atoms with Crippen molar-refractivity contribution in [1.29, 1.82) is 0 Å². The molecule has 0 aromatic rings. The van der Waals surface area contributed by atoms with Gasteiger partial charge in [0.15, 0.2) is 0 Å². The van der Waals surface area contributed by atoms with Gasteiger partial charge in [0, 0.05) is 0 Å². The van der Waals surface area contributed by atoms with Crippen molar-refractivity contribution in [2.45, 2.75) is 58.3 Å². The molecule has 1 aliphatic carbocycles. The van der Waals surface area contributed by atoms with E-state index >= 15 is 0 Å². The van der Waals surface area contributed by atoms with Crippen LogP contribution in [-0.2, 0) is 0 Å². The van der Waals surface area contributed by atoms with Crippen LogP contribution in [0.1, 0.15) is 58.3 Å². The normalized spacial score (nSPS) is 22.5. The molecular weight excluding hydrogens is 120 g/mol. The molecule has 0 unspecified atom stereocenters. The van der Waals surface area contributed by atoms with Gasteiger partial charge in [0.05, 0.1) is 0 Å². The molecule has 0 aliphatic heterocycles. The van der Waals surface area contributed by atoms with E-state index in [0.717, 1.165) is 5.92 Å². The predicted molar refractivity (Wildman–Crippen MR) is 46.1 cm³/mol. The van der Waals surface area contributed by atoms with Crippen molar-refractivity contribution in [2.24, 2.45) is 5.92 Å². The quantitative estimate of drug-likeness (QED) is 0.512. The molecule has 0 spiro atoms. The maximum absolute atomic E-state index is 2.31. The zero-order valence-corrected chi connectivity index (χ0v) is 7.23. The Hall–Kier alpha value is 0. The van der Waals surface area contributed by atoms with Gasteiger partial charge in [-0.3, -0.25) is 0 Å². The Morgan fingerprint density at radius 2 is 1.60 bits per heavy atom. The van der Waals surface area contributed by atoms with Crippen LogP contribution < -0.4 is 0 Å². The number of hydrogen-bond donors (Lipinski definition) is 0. The van der Waals surface area contributed by atoms with Gasteiger partial charge in [0.1, 0.15) is 0 Å². The smallest absolute Gasteiger partial charge is 0.0414 e. The van der Waals surface area contributed by atoms with E-state index in [2.05, 4.69) is 6.92 Å². The summed E-state index contributed by atoms with van der Waals surface area (Å²) in [7, 11) is 0. The summed E-state index contributed by atoms with van der Waals surface area (Å²) in [5.41, 5.74) is 0. The van der Waals surface area contributed by atoms with Crippen LogP contribution in [0.5, 0.6) is 0 Å². The third kappa shape index (κ3) is 2.72. The summed E-state index contributed by atoms with van der Waals surface area (Å²) in [6, 6.07) is 0. The molecule has 0 heteroatoms. The van der Waals surface area contributed by atoms with Crippen molar-refractivity contribution in [2.75, 3.05) is 0 Å². The highest BCUT2D eigenvalue weighted by Crippen LogP contribution is 2.25. The lowest BCUT2D eigenvalue weighted by molar-refractivity contribution is 0.424. The van der Waals surface area contributed by atoms with Crippen LogP contribution in [0.15, 0.2) is 0 Å². The van der Waals surface area contributed by atoms with E-state index < -0.39 is 0 Å². The van der Waals surface area contributed by atoms with E-state index in [1.807, 2.05) is 0 Å². The van der Waals surface area contributed by atoms with Gasteiger partial charge in [-0.15, -0.1) is 0 Å². The van der Waals surface area contributed by atoms with Gasteiger partial charge >= 0.3 is 0 Å². The number of rotatable bonds is 2. The summed E-state index contributed by atoms with van der Waals surface area (Å²) in [6.45, 7) is 2.31. The molecule has 0 amide bonds. The lowest BCUT2D eigenvalue weighted by Gasteiger charge is -2.10. The first kappa shape index (κ1) is 8.10. The highest BCUT2D eigenvalue weighted by Gasteiger charge is 2.09. The van der Waals surface area contributed by atoms with Gasteiger partial charge in [0.25, 0.3) is 0 Å². The highest BCUT2D eigenvalue weighted by atomic mass is 14.2. The topological polar surface area (TPSA) is 0 Å². The van der Waals surface area contributed by atoms with Crippen molar-refractivity contribution >= 4 is 0 Å². The SMILES string of the molecule is CCCC1CCCCCC1. The van der Waals surface area contributed by atoms with Crippen LogP contribution >= 0.6 is 0 Å². The standard InChI is InChI=1S/C10H20/c1-2-7-10-8-5-3-4-6-9-10/h10H,2-9H2,1H3. The van der Waals surface area contributed by atoms with Crippen LogP contribution in [0, 0.1) is 5.92 Å². The van der Waals surface area contributed by atoms with Crippen molar-refractivity contribution in [3.05, 3.63) is 0 Å². The number of hydrogen-bond acceptors (Lipinski definition) is 0. The molecule has 0 aromatic heterocycles. The first-order valence-corrected chi connectivity index (χ1v) is 4.93. The Balaban J connectivity index is 2.15. The summed E-state index contributed by atoms with van der Waals surface area (Å²) in [6.07, 6.45) is 11.9. The minimum Gasteiger partial charge on any atom is -0.0654 e. The largest absolute Gasteiger partial charge is 0.0654 e. The Kier molecular flexibility index (Phi) is 3.86. The molecule has 0 aromatic carbocycles. The molecular formula is C10H20. The second-order valence-corrected chi connectivity index (χ2v) is 3.65. The Morgan fingerprint density at radius 3 is 2.10 bits per heavy atom. The van der Waals surface area contributed by atoms with E-state index in [9.17, 15) is 0 Å². The average Bonchev–Trinajstić information content (AvgIpc) is 2.17. The third-order valence-electron chi connectivity index (χ3n) is 2.67. The van der Waals surface area contributed by atoms with Gasteiger partial charge in [-0.25, -0.2) is 0 Å². The summed E-state index contributed by atoms with van der Waals surface area (Å²) in [4.78, 5) is 0. The van der Waals surface area contributed by atoms with Crippen LogP contribution in [0.2, 0.25) is 0 Å². The van der Waals surface area contributed by atoms with Crippen molar-refractivity contribution in [1.82, 2.24) is 0 Å². The van der Waals surface area contributed by atoms with Gasteiger partial charge in [-0.1, -0.05) is 58.3 Å². The lowest BCUT2D eigenvalue weighted by Crippen LogP contribution is -1.96. The summed E-state index contributed by atoms with van der Waals surface area (Å²) < 4.78 is 0. The molecule has 0 saturated heterocycles. The van der Waals surface area contributed by atoms with Crippen molar-refractivity contribution < 1.29 is 0 Å². The maximum Gasteiger partial charge on any atom is -0.0414 e. The molecule has 10 heavy (non-hydrogen) atoms. The Labute approximate surface area is 65.0 Å². The molecule has 0 atom stereocenters. The second kappa shape index (κ2) is 4.76. The molecule has 1 rings (SSSR count). The van der Waals surface area contributed by atoms with E-state index in [1.165, 1.54) is 51.4 Å². The molecule has 1 fully saturated rings. The Morgan fingerprint density at radius 1 is 1.00 bits per heavy atom. The monoisotopic (exact) mass is 140 g/mol. The van der Waals surface area contributed by atoms with Crippen molar-refractivity contribution in [3.8, 4) is 0 Å². The molecule has 0 nitrogen and oxygen atoms in total. The minimum atomic E-state index is 1.09. The van der Waals surface area contributed by atoms with E-state index in [0.29, 0.717) is 0 Å². The van der Waals surface area contributed by atoms with Gasteiger partial charge in [0.2, 0.25) is 0 Å². The van der Waals surface area contributed by atoms with Gasteiger partial charge in [-0.2, -0.15) is 0 Å². The molecule has 0 heterocycles. The van der Waals surface area contributed by atoms with Crippen molar-refractivity contribution in [3.63, 3.8) is 0 Å². The zero-order chi connectivity index (χ0) is 7.23. The van der Waals surface area contributed by atoms with Gasteiger partial charge < -0.3 is 0 Å². The van der Waals surface area contributed by atoms with E-state index in [1.54, 1.807) is 0 Å². The molecule has 1 saturated carbocycles. The molecule has 0 radical (unpaired) electrons. The Bertz CT molecular complexity index is 68.1. The summed E-state index contributed by atoms with van der Waals surface area (Å²) in [5, 5.41) is 0.